The molecule has 0 atom stereocenters. The minimum atomic E-state index is 0.723. The number of nitrogens with zero attached hydrogens (tertiary/aromatic N) is 5. The minimum Gasteiger partial charge on any atom is -0.337 e. The van der Waals surface area contributed by atoms with E-state index < -0.39 is 0 Å². The van der Waals surface area contributed by atoms with Crippen molar-refractivity contribution in [2.75, 3.05) is 5.32 Å². The van der Waals surface area contributed by atoms with Gasteiger partial charge in [-0.2, -0.15) is 0 Å². The maximum Gasteiger partial charge on any atom is 0.163 e. The molecule has 0 unspecified atom stereocenters. The third-order valence-corrected chi connectivity index (χ3v) is 4.96. The maximum atomic E-state index is 4.42. The van der Waals surface area contributed by atoms with Crippen LogP contribution in [0, 0.1) is 0 Å². The first-order valence-corrected chi connectivity index (χ1v) is 8.33. The van der Waals surface area contributed by atoms with Gasteiger partial charge in [0.25, 0.3) is 0 Å². The van der Waals surface area contributed by atoms with Crippen LogP contribution in [0.2, 0.25) is 0 Å². The number of hydrogen-bond acceptors (Lipinski definition) is 6. The zero-order chi connectivity index (χ0) is 15.9. The van der Waals surface area contributed by atoms with Gasteiger partial charge in [-0.25, -0.2) is 19.9 Å². The summed E-state index contributed by atoms with van der Waals surface area (Å²) in [6.45, 7) is 0.723. The van der Waals surface area contributed by atoms with E-state index in [1.807, 2.05) is 18.5 Å². The highest BCUT2D eigenvalue weighted by molar-refractivity contribution is 7.99. The number of aromatic nitrogens is 5. The van der Waals surface area contributed by atoms with Crippen molar-refractivity contribution in [2.45, 2.75) is 16.5 Å². The average Bonchev–Trinajstić information content (AvgIpc) is 3.03. The fraction of sp³-hybridized carbons (Fsp3) is 0.0588. The van der Waals surface area contributed by atoms with Crippen LogP contribution in [0.3, 0.4) is 0 Å². The SMILES string of the molecule is c1cnc2c(c1)ncn2Cc1ccc2c(c1)Nc1nccnc1S2. The third kappa shape index (κ3) is 2.21. The van der Waals surface area contributed by atoms with Crippen molar-refractivity contribution in [2.24, 2.45) is 0 Å². The predicted molar refractivity (Wildman–Crippen MR) is 92.5 cm³/mol. The summed E-state index contributed by atoms with van der Waals surface area (Å²) in [5, 5.41) is 4.27. The zero-order valence-electron chi connectivity index (χ0n) is 12.5. The highest BCUT2D eigenvalue weighted by atomic mass is 32.2. The Hall–Kier alpha value is -2.93. The van der Waals surface area contributed by atoms with Gasteiger partial charge in [0.15, 0.2) is 11.5 Å². The Labute approximate surface area is 142 Å². The Balaban J connectivity index is 1.49. The van der Waals surface area contributed by atoms with E-state index in [4.69, 9.17) is 0 Å². The van der Waals surface area contributed by atoms with Gasteiger partial charge in [0, 0.05) is 23.5 Å². The molecule has 1 aromatic carbocycles. The summed E-state index contributed by atoms with van der Waals surface area (Å²) in [4.78, 5) is 18.7. The van der Waals surface area contributed by atoms with Crippen LogP contribution in [0.5, 0.6) is 0 Å². The summed E-state index contributed by atoms with van der Waals surface area (Å²) < 4.78 is 2.06. The number of benzene rings is 1. The Kier molecular flexibility index (Phi) is 2.99. The minimum absolute atomic E-state index is 0.723. The molecule has 116 valence electrons. The molecule has 5 rings (SSSR count). The molecule has 1 N–H and O–H groups in total. The average molecular weight is 332 g/mol. The number of nitrogens with one attached hydrogen (secondary N) is 1. The summed E-state index contributed by atoms with van der Waals surface area (Å²) in [6.07, 6.45) is 7.04. The van der Waals surface area contributed by atoms with Crippen LogP contribution in [0.4, 0.5) is 11.5 Å². The lowest BCUT2D eigenvalue weighted by atomic mass is 10.2. The number of imidazole rings is 1. The van der Waals surface area contributed by atoms with Gasteiger partial charge in [-0.1, -0.05) is 17.8 Å². The third-order valence-electron chi connectivity index (χ3n) is 3.90. The van der Waals surface area contributed by atoms with Gasteiger partial charge in [0.1, 0.15) is 10.5 Å². The van der Waals surface area contributed by atoms with E-state index in [2.05, 4.69) is 48.0 Å². The molecule has 3 aromatic heterocycles. The molecule has 1 aliphatic heterocycles. The first-order chi connectivity index (χ1) is 11.9. The molecule has 0 aliphatic carbocycles. The fourth-order valence-corrected chi connectivity index (χ4v) is 3.67. The lowest BCUT2D eigenvalue weighted by Gasteiger charge is -2.19. The van der Waals surface area contributed by atoms with Gasteiger partial charge in [0.2, 0.25) is 0 Å². The molecule has 0 saturated carbocycles. The molecule has 6 nitrogen and oxygen atoms in total. The number of pyridine rings is 1. The maximum absolute atomic E-state index is 4.42. The highest BCUT2D eigenvalue weighted by Crippen LogP contribution is 2.42. The van der Waals surface area contributed by atoms with E-state index in [9.17, 15) is 0 Å². The standard InChI is InChI=1S/C17H12N6S/c1-2-12-16(19-5-1)23(10-21-12)9-11-3-4-14-13(8-11)22-15-17(24-14)20-7-6-18-15/h1-8,10H,9H2,(H,18,22). The van der Waals surface area contributed by atoms with E-state index in [-0.39, 0.29) is 0 Å². The van der Waals surface area contributed by atoms with E-state index in [0.29, 0.717) is 0 Å². The fourth-order valence-electron chi connectivity index (χ4n) is 2.79. The van der Waals surface area contributed by atoms with Crippen LogP contribution < -0.4 is 5.32 Å². The van der Waals surface area contributed by atoms with Crippen molar-refractivity contribution in [3.63, 3.8) is 0 Å². The van der Waals surface area contributed by atoms with E-state index in [1.165, 1.54) is 5.56 Å². The van der Waals surface area contributed by atoms with E-state index >= 15 is 0 Å². The van der Waals surface area contributed by atoms with Crippen molar-refractivity contribution >= 4 is 34.4 Å². The molecular weight excluding hydrogens is 320 g/mol. The van der Waals surface area contributed by atoms with Gasteiger partial charge >= 0.3 is 0 Å². The largest absolute Gasteiger partial charge is 0.337 e. The molecule has 0 spiro atoms. The normalized spacial score (nSPS) is 12.5. The molecule has 0 radical (unpaired) electrons. The molecular formula is C17H12N6S. The first kappa shape index (κ1) is 13.5. The van der Waals surface area contributed by atoms with Gasteiger partial charge in [-0.05, 0) is 29.8 Å². The Bertz CT molecular complexity index is 1060. The lowest BCUT2D eigenvalue weighted by molar-refractivity contribution is 0.813. The van der Waals surface area contributed by atoms with Crippen molar-refractivity contribution in [3.8, 4) is 0 Å². The molecule has 4 aromatic rings. The van der Waals surface area contributed by atoms with Crippen LogP contribution in [0.15, 0.2) is 65.2 Å². The highest BCUT2D eigenvalue weighted by Gasteiger charge is 2.17. The van der Waals surface area contributed by atoms with Crippen molar-refractivity contribution in [1.29, 1.82) is 0 Å². The molecule has 1 aliphatic rings. The van der Waals surface area contributed by atoms with Crippen LogP contribution in [-0.4, -0.2) is 24.5 Å². The quantitative estimate of drug-likeness (QED) is 0.534. The molecule has 24 heavy (non-hydrogen) atoms. The number of rotatable bonds is 2. The van der Waals surface area contributed by atoms with Crippen LogP contribution in [-0.2, 0) is 6.54 Å². The van der Waals surface area contributed by atoms with Crippen LogP contribution in [0.25, 0.3) is 11.2 Å². The summed E-state index contributed by atoms with van der Waals surface area (Å²) in [7, 11) is 0. The zero-order valence-corrected chi connectivity index (χ0v) is 13.4. The van der Waals surface area contributed by atoms with E-state index in [1.54, 1.807) is 30.4 Å². The smallest absolute Gasteiger partial charge is 0.163 e. The summed E-state index contributed by atoms with van der Waals surface area (Å²) >= 11 is 1.63. The predicted octanol–water partition coefficient (Wildman–Crippen LogP) is 3.48. The van der Waals surface area contributed by atoms with E-state index in [0.717, 1.165) is 39.1 Å². The Morgan fingerprint density at radius 3 is 2.96 bits per heavy atom. The van der Waals surface area contributed by atoms with Gasteiger partial charge in [-0.3, -0.25) is 0 Å². The van der Waals surface area contributed by atoms with Crippen molar-refractivity contribution in [3.05, 3.63) is 60.8 Å². The lowest BCUT2D eigenvalue weighted by Crippen LogP contribution is -2.05. The second-order valence-electron chi connectivity index (χ2n) is 5.49. The number of fused-ring (bicyclic) bond motifs is 3. The number of hydrogen-bond donors (Lipinski definition) is 1. The molecule has 0 saturated heterocycles. The molecule has 0 bridgehead atoms. The summed E-state index contributed by atoms with van der Waals surface area (Å²) in [5.41, 5.74) is 4.05. The Morgan fingerprint density at radius 1 is 1.00 bits per heavy atom. The van der Waals surface area contributed by atoms with Crippen LogP contribution >= 0.6 is 11.8 Å². The Morgan fingerprint density at radius 2 is 1.96 bits per heavy atom. The molecule has 7 heteroatoms. The van der Waals surface area contributed by atoms with Crippen molar-refractivity contribution in [1.82, 2.24) is 24.5 Å². The summed E-state index contributed by atoms with van der Waals surface area (Å²) in [6, 6.07) is 10.3. The van der Waals surface area contributed by atoms with Gasteiger partial charge < -0.3 is 9.88 Å². The molecule has 0 fully saturated rings. The van der Waals surface area contributed by atoms with Gasteiger partial charge in [0.05, 0.1) is 18.6 Å². The summed E-state index contributed by atoms with van der Waals surface area (Å²) in [5.74, 6) is 0.807. The van der Waals surface area contributed by atoms with Crippen molar-refractivity contribution < 1.29 is 0 Å². The van der Waals surface area contributed by atoms with Crippen LogP contribution in [0.1, 0.15) is 5.56 Å². The second kappa shape index (κ2) is 5.31. The number of anilines is 2. The monoisotopic (exact) mass is 332 g/mol. The first-order valence-electron chi connectivity index (χ1n) is 7.51. The topological polar surface area (TPSA) is 68.5 Å². The van der Waals surface area contributed by atoms with Gasteiger partial charge in [-0.15, -0.1) is 0 Å². The second-order valence-corrected chi connectivity index (χ2v) is 6.52. The molecule has 0 amide bonds. The molecule has 4 heterocycles.